The Morgan fingerprint density at radius 2 is 1.69 bits per heavy atom. The lowest BCUT2D eigenvalue weighted by Crippen LogP contribution is -2.08. The van der Waals surface area contributed by atoms with Crippen molar-refractivity contribution in [3.05, 3.63) is 64.8 Å². The van der Waals surface area contributed by atoms with E-state index in [0.29, 0.717) is 17.5 Å². The van der Waals surface area contributed by atoms with Crippen molar-refractivity contribution in [2.45, 2.75) is 12.5 Å². The van der Waals surface area contributed by atoms with Gasteiger partial charge in [0.25, 0.3) is 0 Å². The monoisotopic (exact) mass is 350 g/mol. The van der Waals surface area contributed by atoms with Gasteiger partial charge in [0, 0.05) is 28.4 Å². The van der Waals surface area contributed by atoms with Crippen LogP contribution in [0.2, 0.25) is 0 Å². The lowest BCUT2D eigenvalue weighted by Gasteiger charge is -2.12. The van der Waals surface area contributed by atoms with Gasteiger partial charge in [-0.2, -0.15) is 0 Å². The Bertz CT molecular complexity index is 1020. The maximum atomic E-state index is 12.2. The first kappa shape index (κ1) is 16.2. The van der Waals surface area contributed by atoms with Crippen LogP contribution in [0.5, 0.6) is 0 Å². The minimum absolute atomic E-state index is 0.0598. The van der Waals surface area contributed by atoms with E-state index in [1.54, 1.807) is 12.1 Å². The molecule has 0 saturated carbocycles. The van der Waals surface area contributed by atoms with Crippen LogP contribution in [0.4, 0.5) is 5.69 Å². The summed E-state index contributed by atoms with van der Waals surface area (Å²) in [5.74, 6) is -0.722. The van der Waals surface area contributed by atoms with E-state index in [1.807, 2.05) is 30.5 Å². The summed E-state index contributed by atoms with van der Waals surface area (Å²) in [4.78, 5) is 27.4. The molecule has 1 aliphatic heterocycles. The van der Waals surface area contributed by atoms with Crippen molar-refractivity contribution in [3.8, 4) is 0 Å². The van der Waals surface area contributed by atoms with E-state index < -0.39 is 0 Å². The second-order valence-corrected chi connectivity index (χ2v) is 6.19. The smallest absolute Gasteiger partial charge is 0.338 e. The summed E-state index contributed by atoms with van der Waals surface area (Å²) in [7, 11) is 2.75. The summed E-state index contributed by atoms with van der Waals surface area (Å²) in [6.45, 7) is 0. The molecule has 3 aromatic rings. The number of benzene rings is 2. The van der Waals surface area contributed by atoms with Crippen molar-refractivity contribution in [1.29, 1.82) is 0 Å². The molecule has 0 bridgehead atoms. The van der Waals surface area contributed by atoms with Gasteiger partial charge in [-0.3, -0.25) is 0 Å². The molecule has 1 aromatic heterocycles. The molecule has 1 unspecified atom stereocenters. The van der Waals surface area contributed by atoms with E-state index in [1.165, 1.54) is 14.2 Å². The summed E-state index contributed by atoms with van der Waals surface area (Å²) in [5, 5.41) is 4.29. The topological polar surface area (TPSA) is 80.4 Å². The molecular weight excluding hydrogens is 332 g/mol. The van der Waals surface area contributed by atoms with Crippen LogP contribution in [0, 0.1) is 0 Å². The minimum atomic E-state index is -0.373. The fraction of sp³-hybridized carbons (Fsp3) is 0.200. The lowest BCUT2D eigenvalue weighted by molar-refractivity contribution is 0.0592. The third kappa shape index (κ3) is 2.42. The fourth-order valence-corrected chi connectivity index (χ4v) is 3.64. The van der Waals surface area contributed by atoms with Gasteiger partial charge >= 0.3 is 11.9 Å². The third-order valence-corrected chi connectivity index (χ3v) is 4.84. The number of aromatic nitrogens is 1. The Morgan fingerprint density at radius 1 is 1.00 bits per heavy atom. The summed E-state index contributed by atoms with van der Waals surface area (Å²) in [6, 6.07) is 11.0. The van der Waals surface area contributed by atoms with Gasteiger partial charge in [-0.05, 0) is 36.2 Å². The number of hydrogen-bond acceptors (Lipinski definition) is 5. The summed E-state index contributed by atoms with van der Waals surface area (Å²) in [5.41, 5.74) is 4.75. The number of hydrogen-bond donors (Lipinski definition) is 2. The Balaban J connectivity index is 1.79. The molecule has 132 valence electrons. The molecule has 0 aliphatic carbocycles. The molecule has 0 fully saturated rings. The van der Waals surface area contributed by atoms with Crippen molar-refractivity contribution in [3.63, 3.8) is 0 Å². The van der Waals surface area contributed by atoms with Gasteiger partial charge in [0.2, 0.25) is 0 Å². The SMILES string of the molecule is COC(=O)c1cccc2c1CC(c1c[nH]c3cccc(C(=O)OC)c13)N2. The van der Waals surface area contributed by atoms with Gasteiger partial charge in [-0.25, -0.2) is 9.59 Å². The Kier molecular flexibility index (Phi) is 3.88. The highest BCUT2D eigenvalue weighted by Crippen LogP contribution is 2.39. The predicted molar refractivity (Wildman–Crippen MR) is 97.5 cm³/mol. The van der Waals surface area contributed by atoms with E-state index in [2.05, 4.69) is 10.3 Å². The number of carbonyl (C=O) groups is 2. The average molecular weight is 350 g/mol. The summed E-state index contributed by atoms with van der Waals surface area (Å²) < 4.78 is 9.81. The Labute approximate surface area is 150 Å². The van der Waals surface area contributed by atoms with Crippen LogP contribution in [-0.4, -0.2) is 31.1 Å². The zero-order chi connectivity index (χ0) is 18.3. The second-order valence-electron chi connectivity index (χ2n) is 6.19. The first-order chi connectivity index (χ1) is 12.6. The third-order valence-electron chi connectivity index (χ3n) is 4.84. The van der Waals surface area contributed by atoms with Crippen molar-refractivity contribution in [2.24, 2.45) is 0 Å². The number of carbonyl (C=O) groups excluding carboxylic acids is 2. The van der Waals surface area contributed by atoms with Crippen molar-refractivity contribution < 1.29 is 19.1 Å². The predicted octanol–water partition coefficient (Wildman–Crippen LogP) is 3.45. The molecule has 0 radical (unpaired) electrons. The molecule has 0 amide bonds. The molecule has 4 rings (SSSR count). The highest BCUT2D eigenvalue weighted by Gasteiger charge is 2.29. The molecule has 26 heavy (non-hydrogen) atoms. The second kappa shape index (κ2) is 6.22. The minimum Gasteiger partial charge on any atom is -0.465 e. The van der Waals surface area contributed by atoms with Gasteiger partial charge < -0.3 is 19.8 Å². The first-order valence-electron chi connectivity index (χ1n) is 8.29. The Morgan fingerprint density at radius 3 is 2.46 bits per heavy atom. The van der Waals surface area contributed by atoms with Crippen LogP contribution in [0.15, 0.2) is 42.6 Å². The van der Waals surface area contributed by atoms with Crippen LogP contribution in [0.1, 0.15) is 37.9 Å². The number of fused-ring (bicyclic) bond motifs is 2. The van der Waals surface area contributed by atoms with Crippen LogP contribution < -0.4 is 5.32 Å². The van der Waals surface area contributed by atoms with Crippen molar-refractivity contribution in [2.75, 3.05) is 19.5 Å². The fourth-order valence-electron chi connectivity index (χ4n) is 3.64. The summed E-state index contributed by atoms with van der Waals surface area (Å²) >= 11 is 0. The van der Waals surface area contributed by atoms with E-state index in [4.69, 9.17) is 9.47 Å². The molecule has 2 aromatic carbocycles. The highest BCUT2D eigenvalue weighted by molar-refractivity contribution is 6.05. The molecular formula is C20H18N2O4. The zero-order valence-corrected chi connectivity index (χ0v) is 14.5. The maximum Gasteiger partial charge on any atom is 0.338 e. The number of nitrogens with one attached hydrogen (secondary N) is 2. The Hall–Kier alpha value is -3.28. The number of aromatic amines is 1. The summed E-state index contributed by atoms with van der Waals surface area (Å²) in [6.07, 6.45) is 2.53. The largest absolute Gasteiger partial charge is 0.465 e. The first-order valence-corrected chi connectivity index (χ1v) is 8.29. The maximum absolute atomic E-state index is 12.2. The van der Waals surface area contributed by atoms with Gasteiger partial charge in [0.1, 0.15) is 0 Å². The van der Waals surface area contributed by atoms with Gasteiger partial charge in [0.15, 0.2) is 0 Å². The average Bonchev–Trinajstić information content (AvgIpc) is 3.29. The number of H-pyrrole nitrogens is 1. The van der Waals surface area contributed by atoms with E-state index in [9.17, 15) is 9.59 Å². The van der Waals surface area contributed by atoms with Crippen LogP contribution in [-0.2, 0) is 15.9 Å². The molecule has 0 spiro atoms. The number of rotatable bonds is 3. The molecule has 0 saturated heterocycles. The number of ether oxygens (including phenoxy) is 2. The lowest BCUT2D eigenvalue weighted by atomic mass is 9.97. The highest BCUT2D eigenvalue weighted by atomic mass is 16.5. The van der Waals surface area contributed by atoms with Gasteiger partial charge in [-0.15, -0.1) is 0 Å². The quantitative estimate of drug-likeness (QED) is 0.707. The van der Waals surface area contributed by atoms with E-state index >= 15 is 0 Å². The molecule has 6 nitrogen and oxygen atoms in total. The van der Waals surface area contributed by atoms with Crippen molar-refractivity contribution >= 4 is 28.5 Å². The molecule has 2 N–H and O–H groups in total. The molecule has 2 heterocycles. The van der Waals surface area contributed by atoms with E-state index in [0.717, 1.165) is 27.7 Å². The van der Waals surface area contributed by atoms with E-state index in [-0.39, 0.29) is 18.0 Å². The van der Waals surface area contributed by atoms with Gasteiger partial charge in [-0.1, -0.05) is 12.1 Å². The molecule has 1 atom stereocenters. The number of esters is 2. The standard InChI is InChI=1S/C20H18N2O4/c1-25-19(23)11-5-3-7-15-13(11)9-17(22-15)14-10-21-16-8-4-6-12(18(14)16)20(24)26-2/h3-8,10,17,21-22H,9H2,1-2H3. The zero-order valence-electron chi connectivity index (χ0n) is 14.5. The van der Waals surface area contributed by atoms with Crippen LogP contribution >= 0.6 is 0 Å². The number of methoxy groups -OCH3 is 2. The van der Waals surface area contributed by atoms with Crippen LogP contribution in [0.25, 0.3) is 10.9 Å². The number of anilines is 1. The van der Waals surface area contributed by atoms with Gasteiger partial charge in [0.05, 0.1) is 31.4 Å². The molecule has 1 aliphatic rings. The normalized spacial score (nSPS) is 15.4. The van der Waals surface area contributed by atoms with Crippen molar-refractivity contribution in [1.82, 2.24) is 4.98 Å². The molecule has 6 heteroatoms. The van der Waals surface area contributed by atoms with Crippen LogP contribution in [0.3, 0.4) is 0 Å².